The SMILES string of the molecule is O=S(O)Oc1ccc(S)cc1. The molecule has 1 N–H and O–H groups in total. The van der Waals surface area contributed by atoms with Crippen LogP contribution >= 0.6 is 12.6 Å². The summed E-state index contributed by atoms with van der Waals surface area (Å²) in [6.07, 6.45) is 0. The van der Waals surface area contributed by atoms with Gasteiger partial charge in [0.25, 0.3) is 0 Å². The molecule has 1 atom stereocenters. The van der Waals surface area contributed by atoms with Crippen molar-refractivity contribution in [3.8, 4) is 5.75 Å². The summed E-state index contributed by atoms with van der Waals surface area (Å²) in [6, 6.07) is 6.48. The van der Waals surface area contributed by atoms with E-state index in [0.717, 1.165) is 4.90 Å². The molecule has 11 heavy (non-hydrogen) atoms. The lowest BCUT2D eigenvalue weighted by Crippen LogP contribution is -1.96. The van der Waals surface area contributed by atoms with Gasteiger partial charge in [-0.05, 0) is 24.3 Å². The van der Waals surface area contributed by atoms with Gasteiger partial charge in [-0.3, -0.25) is 4.55 Å². The zero-order valence-corrected chi connectivity index (χ0v) is 7.14. The molecule has 5 heteroatoms. The molecule has 1 unspecified atom stereocenters. The number of benzene rings is 1. The van der Waals surface area contributed by atoms with E-state index in [-0.39, 0.29) is 0 Å². The molecule has 0 radical (unpaired) electrons. The van der Waals surface area contributed by atoms with Gasteiger partial charge in [-0.15, -0.1) is 12.6 Å². The first-order valence-corrected chi connectivity index (χ1v) is 4.24. The summed E-state index contributed by atoms with van der Waals surface area (Å²) in [5.41, 5.74) is 0. The topological polar surface area (TPSA) is 46.5 Å². The van der Waals surface area contributed by atoms with Crippen LogP contribution in [0.4, 0.5) is 0 Å². The summed E-state index contributed by atoms with van der Waals surface area (Å²) in [4.78, 5) is 0.779. The second-order valence-electron chi connectivity index (χ2n) is 1.79. The van der Waals surface area contributed by atoms with Crippen molar-refractivity contribution < 1.29 is 12.9 Å². The van der Waals surface area contributed by atoms with E-state index in [4.69, 9.17) is 4.55 Å². The van der Waals surface area contributed by atoms with Crippen LogP contribution in [0.1, 0.15) is 0 Å². The maximum atomic E-state index is 10.1. The van der Waals surface area contributed by atoms with Gasteiger partial charge in [-0.25, -0.2) is 0 Å². The summed E-state index contributed by atoms with van der Waals surface area (Å²) < 4.78 is 22.9. The Hall–Kier alpha value is -0.520. The summed E-state index contributed by atoms with van der Waals surface area (Å²) in [6.45, 7) is 0. The molecule has 0 spiro atoms. The van der Waals surface area contributed by atoms with Gasteiger partial charge in [0.15, 0.2) is 0 Å². The fourth-order valence-electron chi connectivity index (χ4n) is 0.584. The molecule has 0 saturated carbocycles. The molecular formula is C6H6O3S2. The van der Waals surface area contributed by atoms with E-state index in [0.29, 0.717) is 5.75 Å². The summed E-state index contributed by atoms with van der Waals surface area (Å²) in [7, 11) is 0. The maximum absolute atomic E-state index is 10.1. The first-order chi connectivity index (χ1) is 5.18. The Morgan fingerprint density at radius 1 is 1.36 bits per heavy atom. The summed E-state index contributed by atoms with van der Waals surface area (Å²) in [5.74, 6) is 0.351. The van der Waals surface area contributed by atoms with Crippen LogP contribution in [-0.2, 0) is 11.4 Å². The predicted molar refractivity (Wildman–Crippen MR) is 45.1 cm³/mol. The van der Waals surface area contributed by atoms with Gasteiger partial charge in [-0.2, -0.15) is 4.21 Å². The first kappa shape index (κ1) is 8.58. The van der Waals surface area contributed by atoms with Crippen molar-refractivity contribution in [3.05, 3.63) is 24.3 Å². The molecule has 0 bridgehead atoms. The number of hydrogen-bond donors (Lipinski definition) is 2. The Morgan fingerprint density at radius 2 is 1.91 bits per heavy atom. The van der Waals surface area contributed by atoms with Crippen molar-refractivity contribution in [3.63, 3.8) is 0 Å². The molecular weight excluding hydrogens is 184 g/mol. The second kappa shape index (κ2) is 3.75. The minimum absolute atomic E-state index is 0.351. The van der Waals surface area contributed by atoms with Crippen LogP contribution in [0.2, 0.25) is 0 Å². The normalized spacial score (nSPS) is 12.5. The number of hydrogen-bond acceptors (Lipinski definition) is 3. The molecule has 1 aromatic carbocycles. The molecule has 0 aliphatic heterocycles. The van der Waals surface area contributed by atoms with Gasteiger partial charge in [0.2, 0.25) is 0 Å². The molecule has 0 heterocycles. The van der Waals surface area contributed by atoms with E-state index in [1.807, 2.05) is 0 Å². The molecule has 0 aliphatic carbocycles. The summed E-state index contributed by atoms with van der Waals surface area (Å²) in [5, 5.41) is 0. The smallest absolute Gasteiger partial charge is 0.357 e. The minimum atomic E-state index is -2.25. The number of thiol groups is 1. The van der Waals surface area contributed by atoms with Crippen molar-refractivity contribution in [1.29, 1.82) is 0 Å². The fraction of sp³-hybridized carbons (Fsp3) is 0. The molecule has 0 aliphatic rings. The lowest BCUT2D eigenvalue weighted by atomic mass is 10.3. The standard InChI is InChI=1S/C6H6O3S2/c7-11(8)9-5-1-3-6(10)4-2-5/h1-4,10H,(H,7,8). The maximum Gasteiger partial charge on any atom is 0.357 e. The van der Waals surface area contributed by atoms with E-state index in [2.05, 4.69) is 16.8 Å². The monoisotopic (exact) mass is 190 g/mol. The molecule has 3 nitrogen and oxygen atoms in total. The predicted octanol–water partition coefficient (Wildman–Crippen LogP) is 1.49. The Morgan fingerprint density at radius 3 is 2.36 bits per heavy atom. The Balaban J connectivity index is 2.74. The quantitative estimate of drug-likeness (QED) is 0.548. The van der Waals surface area contributed by atoms with Gasteiger partial charge >= 0.3 is 11.4 Å². The van der Waals surface area contributed by atoms with Crippen molar-refractivity contribution in [1.82, 2.24) is 0 Å². The molecule has 0 fully saturated rings. The van der Waals surface area contributed by atoms with Gasteiger partial charge < -0.3 is 4.18 Å². The third-order valence-electron chi connectivity index (χ3n) is 1.00. The van der Waals surface area contributed by atoms with E-state index in [9.17, 15) is 4.21 Å². The highest BCUT2D eigenvalue weighted by Crippen LogP contribution is 2.14. The van der Waals surface area contributed by atoms with E-state index >= 15 is 0 Å². The lowest BCUT2D eigenvalue weighted by Gasteiger charge is -1.98. The highest BCUT2D eigenvalue weighted by molar-refractivity contribution is 7.80. The van der Waals surface area contributed by atoms with E-state index < -0.39 is 11.4 Å². The molecule has 1 rings (SSSR count). The van der Waals surface area contributed by atoms with Gasteiger partial charge in [-0.1, -0.05) is 0 Å². The van der Waals surface area contributed by atoms with Crippen LogP contribution < -0.4 is 4.18 Å². The van der Waals surface area contributed by atoms with Gasteiger partial charge in [0.05, 0.1) is 0 Å². The van der Waals surface area contributed by atoms with Crippen LogP contribution in [-0.4, -0.2) is 8.76 Å². The first-order valence-electron chi connectivity index (χ1n) is 2.77. The lowest BCUT2D eigenvalue weighted by molar-refractivity contribution is 0.458. The van der Waals surface area contributed by atoms with Crippen molar-refractivity contribution >= 4 is 24.0 Å². The number of rotatable bonds is 2. The van der Waals surface area contributed by atoms with Crippen molar-refractivity contribution in [2.45, 2.75) is 4.90 Å². The third kappa shape index (κ3) is 2.92. The van der Waals surface area contributed by atoms with E-state index in [1.165, 1.54) is 0 Å². The van der Waals surface area contributed by atoms with Crippen LogP contribution in [0, 0.1) is 0 Å². The highest BCUT2D eigenvalue weighted by Gasteiger charge is 1.95. The Bertz CT molecular complexity index is 257. The van der Waals surface area contributed by atoms with Crippen LogP contribution in [0.3, 0.4) is 0 Å². The second-order valence-corrected chi connectivity index (χ2v) is 2.91. The minimum Gasteiger partial charge on any atom is -0.380 e. The average Bonchev–Trinajstić information content (AvgIpc) is 1.93. The molecule has 1 aromatic rings. The zero-order valence-electron chi connectivity index (χ0n) is 5.43. The zero-order chi connectivity index (χ0) is 8.27. The summed E-state index contributed by atoms with van der Waals surface area (Å²) >= 11 is 1.78. The van der Waals surface area contributed by atoms with Crippen LogP contribution in [0.15, 0.2) is 29.2 Å². The molecule has 0 amide bonds. The van der Waals surface area contributed by atoms with Gasteiger partial charge in [0.1, 0.15) is 5.75 Å². The Labute approximate surface area is 72.3 Å². The molecule has 0 saturated heterocycles. The van der Waals surface area contributed by atoms with Gasteiger partial charge in [0, 0.05) is 4.90 Å². The fourth-order valence-corrected chi connectivity index (χ4v) is 1.01. The largest absolute Gasteiger partial charge is 0.380 e. The Kier molecular flexibility index (Phi) is 2.92. The van der Waals surface area contributed by atoms with Crippen molar-refractivity contribution in [2.24, 2.45) is 0 Å². The highest BCUT2D eigenvalue weighted by atomic mass is 32.2. The third-order valence-corrected chi connectivity index (χ3v) is 1.64. The molecule has 60 valence electrons. The molecule has 0 aromatic heterocycles. The van der Waals surface area contributed by atoms with Crippen LogP contribution in [0.25, 0.3) is 0 Å². The van der Waals surface area contributed by atoms with Crippen molar-refractivity contribution in [2.75, 3.05) is 0 Å². The van der Waals surface area contributed by atoms with Crippen LogP contribution in [0.5, 0.6) is 5.75 Å². The average molecular weight is 190 g/mol. The van der Waals surface area contributed by atoms with E-state index in [1.54, 1.807) is 24.3 Å².